The minimum Gasteiger partial charge on any atom is -0.444 e. The molecule has 0 aliphatic heterocycles. The Hall–Kier alpha value is -1.55. The molecule has 1 aromatic carbocycles. The first-order valence-electron chi connectivity index (χ1n) is 7.37. The summed E-state index contributed by atoms with van der Waals surface area (Å²) in [6.45, 7) is 12.2. The fourth-order valence-electron chi connectivity index (χ4n) is 2.39. The summed E-state index contributed by atoms with van der Waals surface area (Å²) in [5.41, 5.74) is 10.7. The van der Waals surface area contributed by atoms with Crippen LogP contribution in [0.1, 0.15) is 43.0 Å². The van der Waals surface area contributed by atoms with Gasteiger partial charge in [-0.05, 0) is 64.7 Å². The number of ether oxygens (including phenoxy) is 1. The third-order valence-electron chi connectivity index (χ3n) is 3.21. The van der Waals surface area contributed by atoms with E-state index in [1.54, 1.807) is 0 Å². The normalized spacial score (nSPS) is 12.9. The molecule has 4 nitrogen and oxygen atoms in total. The molecule has 0 aliphatic carbocycles. The monoisotopic (exact) mass is 292 g/mol. The first-order valence-corrected chi connectivity index (χ1v) is 7.37. The number of alkyl carbamates (subject to hydrolysis) is 1. The molecule has 4 heteroatoms. The zero-order valence-electron chi connectivity index (χ0n) is 14.0. The molecule has 0 aromatic heterocycles. The molecule has 3 N–H and O–H groups in total. The highest BCUT2D eigenvalue weighted by Gasteiger charge is 2.17. The molecule has 1 atom stereocenters. The van der Waals surface area contributed by atoms with Crippen LogP contribution < -0.4 is 11.1 Å². The number of hydrogen-bond acceptors (Lipinski definition) is 3. The Bertz CT molecular complexity index is 481. The Morgan fingerprint density at radius 2 is 1.76 bits per heavy atom. The average Bonchev–Trinajstić information content (AvgIpc) is 2.29. The number of nitrogens with one attached hydrogen (secondary N) is 1. The van der Waals surface area contributed by atoms with Crippen LogP contribution in [0.2, 0.25) is 0 Å². The van der Waals surface area contributed by atoms with Gasteiger partial charge in [0.15, 0.2) is 0 Å². The van der Waals surface area contributed by atoms with Gasteiger partial charge in [0.05, 0.1) is 0 Å². The summed E-state index contributed by atoms with van der Waals surface area (Å²) >= 11 is 0. The number of carbonyl (C=O) groups excluding carboxylic acids is 1. The third kappa shape index (κ3) is 6.17. The minimum atomic E-state index is -0.488. The van der Waals surface area contributed by atoms with E-state index in [2.05, 4.69) is 38.2 Å². The minimum absolute atomic E-state index is 0.127. The molecule has 0 saturated carbocycles. The van der Waals surface area contributed by atoms with E-state index in [4.69, 9.17) is 10.5 Å². The topological polar surface area (TPSA) is 64.3 Å². The van der Waals surface area contributed by atoms with Gasteiger partial charge in [0.25, 0.3) is 0 Å². The van der Waals surface area contributed by atoms with Gasteiger partial charge in [-0.25, -0.2) is 4.79 Å². The molecule has 0 bridgehead atoms. The van der Waals surface area contributed by atoms with Crippen molar-refractivity contribution in [3.63, 3.8) is 0 Å². The molecule has 1 aromatic rings. The molecule has 1 unspecified atom stereocenters. The van der Waals surface area contributed by atoms with Gasteiger partial charge >= 0.3 is 6.09 Å². The molecular formula is C17H28N2O2. The lowest BCUT2D eigenvalue weighted by Crippen LogP contribution is -2.41. The predicted molar refractivity (Wildman–Crippen MR) is 86.6 cm³/mol. The zero-order chi connectivity index (χ0) is 16.2. The fraction of sp³-hybridized carbons (Fsp3) is 0.588. The van der Waals surface area contributed by atoms with Crippen LogP contribution in [0.3, 0.4) is 0 Å². The highest BCUT2D eigenvalue weighted by molar-refractivity contribution is 5.67. The molecule has 21 heavy (non-hydrogen) atoms. The highest BCUT2D eigenvalue weighted by atomic mass is 16.6. The summed E-state index contributed by atoms with van der Waals surface area (Å²) in [7, 11) is 0. The van der Waals surface area contributed by atoms with E-state index in [-0.39, 0.29) is 6.04 Å². The molecular weight excluding hydrogens is 264 g/mol. The second-order valence-electron chi connectivity index (χ2n) is 6.72. The van der Waals surface area contributed by atoms with Crippen molar-refractivity contribution in [1.82, 2.24) is 5.32 Å². The quantitative estimate of drug-likeness (QED) is 0.896. The number of nitrogens with two attached hydrogens (primary N) is 1. The molecule has 0 radical (unpaired) electrons. The number of hydrogen-bond donors (Lipinski definition) is 2. The van der Waals surface area contributed by atoms with Gasteiger partial charge in [-0.2, -0.15) is 0 Å². The van der Waals surface area contributed by atoms with Gasteiger partial charge in [-0.15, -0.1) is 0 Å². The predicted octanol–water partition coefficient (Wildman–Crippen LogP) is 3.01. The summed E-state index contributed by atoms with van der Waals surface area (Å²) in [5.74, 6) is 0. The molecule has 1 rings (SSSR count). The van der Waals surface area contributed by atoms with Crippen molar-refractivity contribution in [1.29, 1.82) is 0 Å². The van der Waals surface area contributed by atoms with Crippen LogP contribution >= 0.6 is 0 Å². The Morgan fingerprint density at radius 3 is 2.24 bits per heavy atom. The zero-order valence-corrected chi connectivity index (χ0v) is 14.0. The summed E-state index contributed by atoms with van der Waals surface area (Å²) in [5, 5.41) is 2.72. The number of rotatable bonds is 4. The Kier molecular flexibility index (Phi) is 5.78. The van der Waals surface area contributed by atoms with Crippen molar-refractivity contribution in [3.8, 4) is 0 Å². The van der Waals surface area contributed by atoms with Crippen molar-refractivity contribution in [2.45, 2.75) is 59.6 Å². The summed E-state index contributed by atoms with van der Waals surface area (Å²) in [4.78, 5) is 11.6. The summed E-state index contributed by atoms with van der Waals surface area (Å²) in [6.07, 6.45) is 0.323. The van der Waals surface area contributed by atoms with Crippen molar-refractivity contribution >= 4 is 6.09 Å². The van der Waals surface area contributed by atoms with Crippen molar-refractivity contribution in [3.05, 3.63) is 34.4 Å². The van der Waals surface area contributed by atoms with Gasteiger partial charge in [0, 0.05) is 12.6 Å². The summed E-state index contributed by atoms with van der Waals surface area (Å²) in [6, 6.07) is 4.20. The van der Waals surface area contributed by atoms with Gasteiger partial charge in [-0.3, -0.25) is 0 Å². The molecule has 0 saturated heterocycles. The number of amides is 1. The maximum absolute atomic E-state index is 11.6. The first-order chi connectivity index (χ1) is 9.58. The lowest BCUT2D eigenvalue weighted by atomic mass is 9.94. The first kappa shape index (κ1) is 17.5. The van der Waals surface area contributed by atoms with E-state index in [9.17, 15) is 4.79 Å². The van der Waals surface area contributed by atoms with Crippen LogP contribution in [0.25, 0.3) is 0 Å². The van der Waals surface area contributed by atoms with Crippen molar-refractivity contribution in [2.75, 3.05) is 6.54 Å². The maximum atomic E-state index is 11.6. The largest absolute Gasteiger partial charge is 0.444 e. The highest BCUT2D eigenvalue weighted by Crippen LogP contribution is 2.17. The van der Waals surface area contributed by atoms with Crippen LogP contribution in [0, 0.1) is 20.8 Å². The van der Waals surface area contributed by atoms with Gasteiger partial charge < -0.3 is 15.8 Å². The van der Waals surface area contributed by atoms with Crippen LogP contribution in [0.4, 0.5) is 4.79 Å². The van der Waals surface area contributed by atoms with Crippen LogP contribution in [-0.2, 0) is 11.2 Å². The van der Waals surface area contributed by atoms with Crippen LogP contribution in [-0.4, -0.2) is 24.3 Å². The van der Waals surface area contributed by atoms with E-state index in [0.717, 1.165) is 6.42 Å². The third-order valence-corrected chi connectivity index (χ3v) is 3.21. The molecule has 0 heterocycles. The average molecular weight is 292 g/mol. The van der Waals surface area contributed by atoms with Crippen molar-refractivity contribution in [2.24, 2.45) is 5.73 Å². The van der Waals surface area contributed by atoms with E-state index in [1.165, 1.54) is 22.3 Å². The standard InChI is InChI=1S/C17H28N2O2/c1-11-7-12(2)15(13(3)8-11)9-14(18)10-19-16(20)21-17(4,5)6/h7-8,14H,9-10,18H2,1-6H3,(H,19,20). The molecule has 118 valence electrons. The van der Waals surface area contributed by atoms with Gasteiger partial charge in [0.2, 0.25) is 0 Å². The second-order valence-corrected chi connectivity index (χ2v) is 6.72. The lowest BCUT2D eigenvalue weighted by Gasteiger charge is -2.21. The molecule has 0 fully saturated rings. The number of benzene rings is 1. The Morgan fingerprint density at radius 1 is 1.24 bits per heavy atom. The molecule has 0 spiro atoms. The van der Waals surface area contributed by atoms with Gasteiger partial charge in [0.1, 0.15) is 5.60 Å². The van der Waals surface area contributed by atoms with Crippen LogP contribution in [0.15, 0.2) is 12.1 Å². The smallest absolute Gasteiger partial charge is 0.407 e. The van der Waals surface area contributed by atoms with E-state index < -0.39 is 11.7 Å². The number of carbonyl (C=O) groups is 1. The van der Waals surface area contributed by atoms with E-state index >= 15 is 0 Å². The maximum Gasteiger partial charge on any atom is 0.407 e. The summed E-state index contributed by atoms with van der Waals surface area (Å²) < 4.78 is 5.20. The number of aryl methyl sites for hydroxylation is 3. The SMILES string of the molecule is Cc1cc(C)c(CC(N)CNC(=O)OC(C)(C)C)c(C)c1. The van der Waals surface area contributed by atoms with E-state index in [0.29, 0.717) is 6.54 Å². The Balaban J connectivity index is 2.55. The Labute approximate surface area is 128 Å². The van der Waals surface area contributed by atoms with E-state index in [1.807, 2.05) is 20.8 Å². The fourth-order valence-corrected chi connectivity index (χ4v) is 2.39. The molecule has 0 aliphatic rings. The van der Waals surface area contributed by atoms with Crippen molar-refractivity contribution < 1.29 is 9.53 Å². The second kappa shape index (κ2) is 6.94. The van der Waals surface area contributed by atoms with Gasteiger partial charge in [-0.1, -0.05) is 17.7 Å². The van der Waals surface area contributed by atoms with Crippen LogP contribution in [0.5, 0.6) is 0 Å². The lowest BCUT2D eigenvalue weighted by molar-refractivity contribution is 0.0524. The molecule has 1 amide bonds.